The van der Waals surface area contributed by atoms with Gasteiger partial charge in [0.2, 0.25) is 0 Å². The van der Waals surface area contributed by atoms with Gasteiger partial charge in [-0.3, -0.25) is 0 Å². The second-order valence-corrected chi connectivity index (χ2v) is 8.95. The first-order valence-electron chi connectivity index (χ1n) is 6.93. The molecular formula is C18H26SiTi. The Kier molecular flexibility index (Phi) is 8.34. The van der Waals surface area contributed by atoms with Crippen LogP contribution in [0.4, 0.5) is 0 Å². The molecule has 1 aromatic rings. The van der Waals surface area contributed by atoms with E-state index in [1.165, 1.54) is 5.56 Å². The summed E-state index contributed by atoms with van der Waals surface area (Å²) >= 11 is 0. The van der Waals surface area contributed by atoms with Crippen molar-refractivity contribution in [1.29, 1.82) is 0 Å². The second-order valence-electron chi connectivity index (χ2n) is 5.80. The molecule has 0 saturated heterocycles. The monoisotopic (exact) mass is 318 g/mol. The molecule has 1 aliphatic carbocycles. The summed E-state index contributed by atoms with van der Waals surface area (Å²) in [5, 5.41) is 0. The van der Waals surface area contributed by atoms with Crippen molar-refractivity contribution in [3.05, 3.63) is 65.3 Å². The number of hydrogen-bond donors (Lipinski definition) is 0. The Hall–Kier alpha value is -0.629. The van der Waals surface area contributed by atoms with Gasteiger partial charge in [0.15, 0.2) is 0 Å². The second kappa shape index (κ2) is 8.61. The van der Waals surface area contributed by atoms with Gasteiger partial charge in [0.1, 0.15) is 0 Å². The quantitative estimate of drug-likeness (QED) is 0.509. The molecule has 0 aromatic heterocycles. The number of rotatable bonds is 2. The van der Waals surface area contributed by atoms with Crippen LogP contribution < -0.4 is 0 Å². The minimum atomic E-state index is -0.586. The van der Waals surface area contributed by atoms with Crippen LogP contribution in [0.1, 0.15) is 37.4 Å². The van der Waals surface area contributed by atoms with E-state index in [1.807, 2.05) is 13.8 Å². The van der Waals surface area contributed by atoms with Gasteiger partial charge in [-0.25, -0.2) is 0 Å². The molecule has 1 atom stereocenters. The minimum absolute atomic E-state index is 0. The standard InChI is InChI=1S/C12H16Si.C6H10.Ti/c1-9-8-10-6-4-5-7-11(10)12(9)13(2)3;1-5(2)6(3)4;/h4-8,12-13H,1-3H3;1,3H2,2,4H3;. The first-order chi connectivity index (χ1) is 8.84. The van der Waals surface area contributed by atoms with Crippen LogP contribution >= 0.6 is 0 Å². The Morgan fingerprint density at radius 2 is 1.55 bits per heavy atom. The van der Waals surface area contributed by atoms with Gasteiger partial charge in [-0.05, 0) is 37.4 Å². The van der Waals surface area contributed by atoms with E-state index in [0.717, 1.165) is 16.7 Å². The fourth-order valence-corrected chi connectivity index (χ4v) is 4.56. The SMILES string of the molecule is C=C(C)C(=C)C.CC1=Cc2ccccc2C1[SiH](C)C.[Ti]. The van der Waals surface area contributed by atoms with Gasteiger partial charge in [-0.2, -0.15) is 0 Å². The molecule has 0 aliphatic heterocycles. The molecule has 0 nitrogen and oxygen atoms in total. The Bertz CT molecular complexity index is 500. The largest absolute Gasteiger partial charge is 0.0959 e. The summed E-state index contributed by atoms with van der Waals surface area (Å²) in [5.41, 5.74) is 7.51. The van der Waals surface area contributed by atoms with Gasteiger partial charge in [-0.15, -0.1) is 0 Å². The first kappa shape index (κ1) is 19.4. The van der Waals surface area contributed by atoms with Crippen LogP contribution in [0, 0.1) is 0 Å². The van der Waals surface area contributed by atoms with Gasteiger partial charge in [0.25, 0.3) is 0 Å². The Morgan fingerprint density at radius 1 is 1.05 bits per heavy atom. The Balaban J connectivity index is 0.000000448. The summed E-state index contributed by atoms with van der Waals surface area (Å²) in [6.07, 6.45) is 2.35. The average molecular weight is 318 g/mol. The average Bonchev–Trinajstić information content (AvgIpc) is 2.65. The third-order valence-electron chi connectivity index (χ3n) is 3.60. The predicted octanol–water partition coefficient (Wildman–Crippen LogP) is 5.35. The van der Waals surface area contributed by atoms with Crippen LogP contribution in [0.25, 0.3) is 6.08 Å². The number of hydrogen-bond acceptors (Lipinski definition) is 0. The Morgan fingerprint density at radius 3 is 2.00 bits per heavy atom. The summed E-state index contributed by atoms with van der Waals surface area (Å²) in [6.45, 7) is 18.3. The zero-order valence-electron chi connectivity index (χ0n) is 13.5. The molecule has 2 rings (SSSR count). The summed E-state index contributed by atoms with van der Waals surface area (Å²) in [4.78, 5) is 0. The van der Waals surface area contributed by atoms with Crippen LogP contribution in [-0.4, -0.2) is 8.80 Å². The van der Waals surface area contributed by atoms with E-state index in [1.54, 1.807) is 11.1 Å². The number of fused-ring (bicyclic) bond motifs is 1. The van der Waals surface area contributed by atoms with E-state index >= 15 is 0 Å². The van der Waals surface area contributed by atoms with E-state index in [9.17, 15) is 0 Å². The molecule has 0 spiro atoms. The summed E-state index contributed by atoms with van der Waals surface area (Å²) in [5.74, 6) is 0. The molecule has 0 N–H and O–H groups in total. The van der Waals surface area contributed by atoms with Gasteiger partial charge < -0.3 is 0 Å². The molecule has 0 radical (unpaired) electrons. The van der Waals surface area contributed by atoms with Gasteiger partial charge >= 0.3 is 0 Å². The maximum atomic E-state index is 3.66. The molecule has 106 valence electrons. The van der Waals surface area contributed by atoms with Gasteiger partial charge in [-0.1, -0.05) is 73.3 Å². The van der Waals surface area contributed by atoms with Crippen molar-refractivity contribution < 1.29 is 21.7 Å². The molecule has 0 amide bonds. The van der Waals surface area contributed by atoms with E-state index in [4.69, 9.17) is 0 Å². The molecule has 0 bridgehead atoms. The molecule has 0 fully saturated rings. The van der Waals surface area contributed by atoms with Crippen molar-refractivity contribution in [2.45, 2.75) is 39.4 Å². The van der Waals surface area contributed by atoms with Crippen LogP contribution in [0.3, 0.4) is 0 Å². The van der Waals surface area contributed by atoms with E-state index in [0.29, 0.717) is 0 Å². The molecule has 0 heterocycles. The van der Waals surface area contributed by atoms with Crippen molar-refractivity contribution in [3.63, 3.8) is 0 Å². The molecule has 1 unspecified atom stereocenters. The molecule has 1 aromatic carbocycles. The summed E-state index contributed by atoms with van der Waals surface area (Å²) in [6, 6.07) is 8.82. The number of benzene rings is 1. The maximum Gasteiger partial charge on any atom is 0.0439 e. The minimum Gasteiger partial charge on any atom is -0.0959 e. The van der Waals surface area contributed by atoms with Crippen molar-refractivity contribution in [1.82, 2.24) is 0 Å². The third kappa shape index (κ3) is 5.05. The number of allylic oxidation sites excluding steroid dienone is 3. The summed E-state index contributed by atoms with van der Waals surface area (Å²) in [7, 11) is -0.586. The molecule has 0 saturated carbocycles. The maximum absolute atomic E-state index is 3.66. The zero-order valence-corrected chi connectivity index (χ0v) is 16.2. The molecule has 1 aliphatic rings. The first-order valence-corrected chi connectivity index (χ1v) is 9.90. The van der Waals surface area contributed by atoms with Crippen molar-refractivity contribution >= 4 is 14.9 Å². The predicted molar refractivity (Wildman–Crippen MR) is 91.3 cm³/mol. The van der Waals surface area contributed by atoms with E-state index in [2.05, 4.69) is 63.5 Å². The van der Waals surface area contributed by atoms with Crippen molar-refractivity contribution in [3.8, 4) is 0 Å². The topological polar surface area (TPSA) is 0 Å². The smallest absolute Gasteiger partial charge is 0.0439 e. The molecule has 20 heavy (non-hydrogen) atoms. The van der Waals surface area contributed by atoms with Crippen LogP contribution in [0.15, 0.2) is 54.1 Å². The molecular weight excluding hydrogens is 292 g/mol. The van der Waals surface area contributed by atoms with Crippen molar-refractivity contribution in [2.75, 3.05) is 0 Å². The summed E-state index contributed by atoms with van der Waals surface area (Å²) < 4.78 is 0. The Labute approximate surface area is 141 Å². The van der Waals surface area contributed by atoms with Gasteiger partial charge in [0.05, 0.1) is 0 Å². The normalized spacial score (nSPS) is 15.5. The van der Waals surface area contributed by atoms with E-state index < -0.39 is 8.80 Å². The van der Waals surface area contributed by atoms with Gasteiger partial charge in [0, 0.05) is 30.5 Å². The van der Waals surface area contributed by atoms with E-state index in [-0.39, 0.29) is 21.7 Å². The zero-order chi connectivity index (χ0) is 14.6. The van der Waals surface area contributed by atoms with Crippen molar-refractivity contribution in [2.24, 2.45) is 0 Å². The molecule has 2 heteroatoms. The fraction of sp³-hybridized carbons (Fsp3) is 0.333. The third-order valence-corrected chi connectivity index (χ3v) is 5.82. The van der Waals surface area contributed by atoms with Crippen LogP contribution in [-0.2, 0) is 21.7 Å². The van der Waals surface area contributed by atoms with Crippen LogP contribution in [0.5, 0.6) is 0 Å². The van der Waals surface area contributed by atoms with Crippen LogP contribution in [0.2, 0.25) is 13.1 Å². The fourth-order valence-electron chi connectivity index (χ4n) is 2.39.